The fourth-order valence-corrected chi connectivity index (χ4v) is 1.57. The van der Waals surface area contributed by atoms with Gasteiger partial charge in [0.15, 0.2) is 0 Å². The number of nitrogens with zero attached hydrogens (tertiary/aromatic N) is 1. The minimum atomic E-state index is -0.341. The van der Waals surface area contributed by atoms with Crippen LogP contribution in [-0.4, -0.2) is 10.9 Å². The molecular formula is C13H11FN2O. The number of hydrogen-bond donors (Lipinski definition) is 1. The van der Waals surface area contributed by atoms with Crippen molar-refractivity contribution in [3.63, 3.8) is 0 Å². The van der Waals surface area contributed by atoms with Crippen LogP contribution in [0.2, 0.25) is 0 Å². The summed E-state index contributed by atoms with van der Waals surface area (Å²) in [6, 6.07) is 9.80. The minimum Gasteiger partial charge on any atom is -0.310 e. The van der Waals surface area contributed by atoms with Gasteiger partial charge in [-0.2, -0.15) is 0 Å². The monoisotopic (exact) mass is 230 g/mol. The summed E-state index contributed by atoms with van der Waals surface area (Å²) in [5.74, 6) is -0.210. The Labute approximate surface area is 98.3 Å². The highest BCUT2D eigenvalue weighted by atomic mass is 19.1. The molecule has 0 unspecified atom stereocenters. The second kappa shape index (κ2) is 4.74. The second-order valence-electron chi connectivity index (χ2n) is 3.56. The van der Waals surface area contributed by atoms with Crippen molar-refractivity contribution in [3.05, 3.63) is 48.4 Å². The van der Waals surface area contributed by atoms with Gasteiger partial charge in [0.2, 0.25) is 5.91 Å². The number of rotatable bonds is 2. The molecule has 0 aliphatic rings. The van der Waals surface area contributed by atoms with E-state index in [0.717, 1.165) is 0 Å². The topological polar surface area (TPSA) is 42.0 Å². The molecule has 4 heteroatoms. The summed E-state index contributed by atoms with van der Waals surface area (Å²) >= 11 is 0. The first-order chi connectivity index (χ1) is 8.18. The highest BCUT2D eigenvalue weighted by Gasteiger charge is 2.10. The van der Waals surface area contributed by atoms with Crippen molar-refractivity contribution in [2.75, 3.05) is 5.32 Å². The Morgan fingerprint density at radius 3 is 2.59 bits per heavy atom. The Balaban J connectivity index is 2.52. The first-order valence-corrected chi connectivity index (χ1v) is 5.16. The van der Waals surface area contributed by atoms with Gasteiger partial charge in [0.05, 0.1) is 0 Å². The minimum absolute atomic E-state index is 0.235. The van der Waals surface area contributed by atoms with Crippen LogP contribution in [0.15, 0.2) is 42.6 Å². The second-order valence-corrected chi connectivity index (χ2v) is 3.56. The molecule has 2 aromatic rings. The van der Waals surface area contributed by atoms with Crippen LogP contribution in [0.3, 0.4) is 0 Å². The van der Waals surface area contributed by atoms with Gasteiger partial charge in [-0.05, 0) is 18.2 Å². The Bertz CT molecular complexity index is 555. The predicted molar refractivity (Wildman–Crippen MR) is 63.9 cm³/mol. The highest BCUT2D eigenvalue weighted by Crippen LogP contribution is 2.27. The van der Waals surface area contributed by atoms with E-state index in [9.17, 15) is 9.18 Å². The average molecular weight is 230 g/mol. The van der Waals surface area contributed by atoms with Gasteiger partial charge in [-0.1, -0.05) is 18.2 Å². The maximum absolute atomic E-state index is 13.7. The average Bonchev–Trinajstić information content (AvgIpc) is 2.30. The molecule has 1 N–H and O–H groups in total. The van der Waals surface area contributed by atoms with Crippen molar-refractivity contribution in [1.29, 1.82) is 0 Å². The molecule has 1 aromatic carbocycles. The molecule has 1 amide bonds. The molecule has 1 aromatic heterocycles. The molecule has 0 saturated carbocycles. The van der Waals surface area contributed by atoms with E-state index >= 15 is 0 Å². The number of pyridine rings is 1. The molecule has 0 aliphatic heterocycles. The van der Waals surface area contributed by atoms with Gasteiger partial charge in [-0.3, -0.25) is 4.79 Å². The largest absolute Gasteiger partial charge is 0.310 e. The van der Waals surface area contributed by atoms with Gasteiger partial charge in [0.1, 0.15) is 11.6 Å². The Hall–Kier alpha value is -2.23. The van der Waals surface area contributed by atoms with Crippen molar-refractivity contribution in [1.82, 2.24) is 4.98 Å². The molecule has 86 valence electrons. The van der Waals surface area contributed by atoms with Gasteiger partial charge in [-0.15, -0.1) is 0 Å². The Kier molecular flexibility index (Phi) is 3.14. The number of aromatic nitrogens is 1. The summed E-state index contributed by atoms with van der Waals surface area (Å²) in [6.07, 6.45) is 1.55. The molecule has 0 fully saturated rings. The van der Waals surface area contributed by atoms with Crippen LogP contribution >= 0.6 is 0 Å². The molecule has 17 heavy (non-hydrogen) atoms. The van der Waals surface area contributed by atoms with E-state index in [0.29, 0.717) is 16.9 Å². The SMILES string of the molecule is CC(=O)Nc1ncccc1-c1ccccc1F. The summed E-state index contributed by atoms with van der Waals surface area (Å²) in [6.45, 7) is 1.39. The molecule has 0 saturated heterocycles. The number of benzene rings is 1. The van der Waals surface area contributed by atoms with Gasteiger partial charge < -0.3 is 5.32 Å². The number of carbonyl (C=O) groups excluding carboxylic acids is 1. The number of anilines is 1. The molecule has 0 atom stereocenters. The summed E-state index contributed by atoms with van der Waals surface area (Å²) < 4.78 is 13.7. The van der Waals surface area contributed by atoms with Gasteiger partial charge in [-0.25, -0.2) is 9.37 Å². The predicted octanol–water partition coefficient (Wildman–Crippen LogP) is 2.85. The molecular weight excluding hydrogens is 219 g/mol. The van der Waals surface area contributed by atoms with Crippen molar-refractivity contribution < 1.29 is 9.18 Å². The quantitative estimate of drug-likeness (QED) is 0.861. The van der Waals surface area contributed by atoms with Crippen LogP contribution < -0.4 is 5.32 Å². The molecule has 1 heterocycles. The zero-order valence-electron chi connectivity index (χ0n) is 9.27. The van der Waals surface area contributed by atoms with Crippen molar-refractivity contribution >= 4 is 11.7 Å². The molecule has 3 nitrogen and oxygen atoms in total. The third kappa shape index (κ3) is 2.47. The summed E-state index contributed by atoms with van der Waals surface area (Å²) in [5, 5.41) is 2.58. The fraction of sp³-hybridized carbons (Fsp3) is 0.0769. The number of carbonyl (C=O) groups is 1. The normalized spacial score (nSPS) is 10.0. The number of halogens is 1. The lowest BCUT2D eigenvalue weighted by Crippen LogP contribution is -2.08. The molecule has 2 rings (SSSR count). The van der Waals surface area contributed by atoms with E-state index in [1.54, 1.807) is 36.5 Å². The number of hydrogen-bond acceptors (Lipinski definition) is 2. The van der Waals surface area contributed by atoms with Crippen LogP contribution in [0.4, 0.5) is 10.2 Å². The Morgan fingerprint density at radius 2 is 1.88 bits per heavy atom. The number of nitrogens with one attached hydrogen (secondary N) is 1. The first kappa shape index (κ1) is 11.3. The van der Waals surface area contributed by atoms with E-state index in [1.807, 2.05) is 0 Å². The van der Waals surface area contributed by atoms with Crippen LogP contribution in [-0.2, 0) is 4.79 Å². The maximum atomic E-state index is 13.7. The summed E-state index contributed by atoms with van der Waals surface area (Å²) in [5.41, 5.74) is 0.991. The molecule has 0 spiro atoms. The lowest BCUT2D eigenvalue weighted by atomic mass is 10.1. The smallest absolute Gasteiger partial charge is 0.222 e. The van der Waals surface area contributed by atoms with Crippen molar-refractivity contribution in [3.8, 4) is 11.1 Å². The van der Waals surface area contributed by atoms with Crippen LogP contribution in [0.5, 0.6) is 0 Å². The van der Waals surface area contributed by atoms with Crippen LogP contribution in [0, 0.1) is 5.82 Å². The summed E-state index contributed by atoms with van der Waals surface area (Å²) in [4.78, 5) is 15.1. The number of amides is 1. The fourth-order valence-electron chi connectivity index (χ4n) is 1.57. The molecule has 0 radical (unpaired) electrons. The van der Waals surface area contributed by atoms with Gasteiger partial charge >= 0.3 is 0 Å². The van der Waals surface area contributed by atoms with E-state index in [4.69, 9.17) is 0 Å². The third-order valence-electron chi connectivity index (χ3n) is 2.27. The van der Waals surface area contributed by atoms with Crippen LogP contribution in [0.1, 0.15) is 6.92 Å². The molecule has 0 aliphatic carbocycles. The van der Waals surface area contributed by atoms with Crippen molar-refractivity contribution in [2.24, 2.45) is 0 Å². The zero-order chi connectivity index (χ0) is 12.3. The highest BCUT2D eigenvalue weighted by molar-refractivity contribution is 5.92. The third-order valence-corrected chi connectivity index (χ3v) is 2.27. The van der Waals surface area contributed by atoms with Crippen molar-refractivity contribution in [2.45, 2.75) is 6.92 Å². The first-order valence-electron chi connectivity index (χ1n) is 5.16. The zero-order valence-corrected chi connectivity index (χ0v) is 9.27. The van der Waals surface area contributed by atoms with E-state index in [-0.39, 0.29) is 11.7 Å². The van der Waals surface area contributed by atoms with E-state index in [1.165, 1.54) is 13.0 Å². The Morgan fingerprint density at radius 1 is 1.18 bits per heavy atom. The molecule has 0 bridgehead atoms. The lowest BCUT2D eigenvalue weighted by molar-refractivity contribution is -0.114. The van der Waals surface area contributed by atoms with Crippen LogP contribution in [0.25, 0.3) is 11.1 Å². The van der Waals surface area contributed by atoms with E-state index < -0.39 is 0 Å². The van der Waals surface area contributed by atoms with E-state index in [2.05, 4.69) is 10.3 Å². The standard InChI is InChI=1S/C13H11FN2O/c1-9(17)16-13-11(6-4-8-15-13)10-5-2-3-7-12(10)14/h2-8H,1H3,(H,15,16,17). The summed E-state index contributed by atoms with van der Waals surface area (Å²) in [7, 11) is 0. The lowest BCUT2D eigenvalue weighted by Gasteiger charge is -2.09. The van der Waals surface area contributed by atoms with Gasteiger partial charge in [0.25, 0.3) is 0 Å². The van der Waals surface area contributed by atoms with Gasteiger partial charge in [0, 0.05) is 24.2 Å². The maximum Gasteiger partial charge on any atom is 0.222 e.